The minimum absolute atomic E-state index is 0.532. The molecule has 26 heavy (non-hydrogen) atoms. The number of amides is 1. The maximum atomic E-state index is 12.1. The largest absolute Gasteiger partial charge is 0.378 e. The summed E-state index contributed by atoms with van der Waals surface area (Å²) in [6.07, 6.45) is -1.24. The second kappa shape index (κ2) is 8.23. The Kier molecular flexibility index (Phi) is 5.56. The Morgan fingerprint density at radius 1 is 0.846 bits per heavy atom. The van der Waals surface area contributed by atoms with Crippen molar-refractivity contribution in [2.24, 2.45) is 5.10 Å². The number of nitrogens with one attached hydrogen (secondary N) is 1. The summed E-state index contributed by atoms with van der Waals surface area (Å²) in [5.74, 6) is -0.559. The highest BCUT2D eigenvalue weighted by Crippen LogP contribution is 2.19. The van der Waals surface area contributed by atoms with Gasteiger partial charge in [0.15, 0.2) is 6.10 Å². The van der Waals surface area contributed by atoms with E-state index >= 15 is 0 Å². The number of benzene rings is 3. The van der Waals surface area contributed by atoms with E-state index in [9.17, 15) is 9.90 Å². The SMILES string of the molecule is CC(=NNC(=O)C(O)c1ccccc1)c1ccc(-c2ccccc2)cc1. The summed E-state index contributed by atoms with van der Waals surface area (Å²) in [4.78, 5) is 12.1. The third-order valence-corrected chi connectivity index (χ3v) is 4.11. The maximum Gasteiger partial charge on any atom is 0.273 e. The summed E-state index contributed by atoms with van der Waals surface area (Å²) >= 11 is 0. The Morgan fingerprint density at radius 3 is 2.00 bits per heavy atom. The van der Waals surface area contributed by atoms with Crippen molar-refractivity contribution in [2.75, 3.05) is 0 Å². The number of carbonyl (C=O) groups is 1. The minimum Gasteiger partial charge on any atom is -0.378 e. The molecule has 0 radical (unpaired) electrons. The van der Waals surface area contributed by atoms with Crippen molar-refractivity contribution in [1.82, 2.24) is 5.43 Å². The molecule has 0 saturated carbocycles. The van der Waals surface area contributed by atoms with Gasteiger partial charge in [0.25, 0.3) is 5.91 Å². The van der Waals surface area contributed by atoms with Gasteiger partial charge in [0, 0.05) is 0 Å². The maximum absolute atomic E-state index is 12.1. The van der Waals surface area contributed by atoms with Gasteiger partial charge in [-0.15, -0.1) is 0 Å². The summed E-state index contributed by atoms with van der Waals surface area (Å²) in [6, 6.07) is 26.8. The fourth-order valence-corrected chi connectivity index (χ4v) is 2.59. The molecular weight excluding hydrogens is 324 g/mol. The van der Waals surface area contributed by atoms with E-state index in [0.29, 0.717) is 11.3 Å². The zero-order chi connectivity index (χ0) is 18.4. The molecule has 0 aliphatic carbocycles. The molecule has 3 aromatic carbocycles. The van der Waals surface area contributed by atoms with Crippen LogP contribution in [0, 0.1) is 0 Å². The molecule has 3 aromatic rings. The van der Waals surface area contributed by atoms with E-state index in [1.807, 2.05) is 55.5 Å². The standard InChI is InChI=1S/C22H20N2O2/c1-16(23-24-22(26)21(25)20-10-6-3-7-11-20)17-12-14-19(15-13-17)18-8-4-2-5-9-18/h2-15,21,25H,1H3,(H,24,26). The van der Waals surface area contributed by atoms with Crippen molar-refractivity contribution in [3.8, 4) is 11.1 Å². The molecule has 0 spiro atoms. The molecule has 4 nitrogen and oxygen atoms in total. The first-order valence-electron chi connectivity index (χ1n) is 8.38. The van der Waals surface area contributed by atoms with Crippen LogP contribution >= 0.6 is 0 Å². The van der Waals surface area contributed by atoms with Crippen molar-refractivity contribution < 1.29 is 9.90 Å². The van der Waals surface area contributed by atoms with Crippen molar-refractivity contribution in [3.05, 3.63) is 96.1 Å². The lowest BCUT2D eigenvalue weighted by Crippen LogP contribution is -2.26. The van der Waals surface area contributed by atoms with Crippen LogP contribution in [0.25, 0.3) is 11.1 Å². The fourth-order valence-electron chi connectivity index (χ4n) is 2.59. The molecule has 0 heterocycles. The van der Waals surface area contributed by atoms with Crippen LogP contribution in [0.1, 0.15) is 24.2 Å². The van der Waals surface area contributed by atoms with Crippen LogP contribution in [-0.4, -0.2) is 16.7 Å². The van der Waals surface area contributed by atoms with E-state index in [1.54, 1.807) is 24.3 Å². The molecule has 1 amide bonds. The number of rotatable bonds is 5. The van der Waals surface area contributed by atoms with E-state index in [1.165, 1.54) is 0 Å². The lowest BCUT2D eigenvalue weighted by Gasteiger charge is -2.10. The highest BCUT2D eigenvalue weighted by atomic mass is 16.3. The zero-order valence-corrected chi connectivity index (χ0v) is 14.5. The molecule has 0 saturated heterocycles. The first kappa shape index (κ1) is 17.6. The Hall–Kier alpha value is -3.24. The van der Waals surface area contributed by atoms with Gasteiger partial charge >= 0.3 is 0 Å². The first-order valence-corrected chi connectivity index (χ1v) is 8.38. The fraction of sp³-hybridized carbons (Fsp3) is 0.0909. The Morgan fingerprint density at radius 2 is 1.38 bits per heavy atom. The molecule has 0 aliphatic rings. The number of hydrazone groups is 1. The minimum atomic E-state index is -1.24. The van der Waals surface area contributed by atoms with E-state index in [-0.39, 0.29) is 0 Å². The van der Waals surface area contributed by atoms with Gasteiger partial charge in [-0.2, -0.15) is 5.10 Å². The van der Waals surface area contributed by atoms with Crippen molar-refractivity contribution in [3.63, 3.8) is 0 Å². The summed E-state index contributed by atoms with van der Waals surface area (Å²) in [6.45, 7) is 1.81. The average Bonchev–Trinajstić information content (AvgIpc) is 2.72. The van der Waals surface area contributed by atoms with Gasteiger partial charge < -0.3 is 5.11 Å². The van der Waals surface area contributed by atoms with Gasteiger partial charge in [-0.25, -0.2) is 5.43 Å². The van der Waals surface area contributed by atoms with Gasteiger partial charge in [0.1, 0.15) is 0 Å². The zero-order valence-electron chi connectivity index (χ0n) is 14.5. The van der Waals surface area contributed by atoms with E-state index < -0.39 is 12.0 Å². The number of hydrogen-bond acceptors (Lipinski definition) is 3. The monoisotopic (exact) mass is 344 g/mol. The van der Waals surface area contributed by atoms with Crippen LogP contribution in [0.3, 0.4) is 0 Å². The lowest BCUT2D eigenvalue weighted by atomic mass is 10.0. The predicted molar refractivity (Wildman–Crippen MR) is 104 cm³/mol. The molecule has 0 aromatic heterocycles. The molecule has 1 unspecified atom stereocenters. The Bertz CT molecular complexity index is 888. The van der Waals surface area contributed by atoms with Gasteiger partial charge in [-0.1, -0.05) is 84.9 Å². The molecule has 4 heteroatoms. The second-order valence-electron chi connectivity index (χ2n) is 5.93. The topological polar surface area (TPSA) is 61.7 Å². The molecule has 0 aliphatic heterocycles. The first-order chi connectivity index (χ1) is 12.6. The third kappa shape index (κ3) is 4.23. The molecule has 3 rings (SSSR count). The Labute approximate surface area is 152 Å². The summed E-state index contributed by atoms with van der Waals surface area (Å²) in [7, 11) is 0. The van der Waals surface area contributed by atoms with Crippen molar-refractivity contribution in [1.29, 1.82) is 0 Å². The number of hydrogen-bond donors (Lipinski definition) is 2. The van der Waals surface area contributed by atoms with E-state index in [0.717, 1.165) is 16.7 Å². The van der Waals surface area contributed by atoms with E-state index in [4.69, 9.17) is 0 Å². The smallest absolute Gasteiger partial charge is 0.273 e. The molecule has 130 valence electrons. The number of aliphatic hydroxyl groups is 1. The van der Waals surface area contributed by atoms with Crippen LogP contribution in [-0.2, 0) is 4.79 Å². The number of carbonyl (C=O) groups excluding carboxylic acids is 1. The average molecular weight is 344 g/mol. The quantitative estimate of drug-likeness (QED) is 0.544. The summed E-state index contributed by atoms with van der Waals surface area (Å²) < 4.78 is 0. The van der Waals surface area contributed by atoms with Crippen LogP contribution in [0.15, 0.2) is 90.0 Å². The summed E-state index contributed by atoms with van der Waals surface area (Å²) in [5, 5.41) is 14.2. The number of aliphatic hydroxyl groups excluding tert-OH is 1. The normalized spacial score (nSPS) is 12.5. The molecule has 0 bridgehead atoms. The third-order valence-electron chi connectivity index (χ3n) is 4.11. The van der Waals surface area contributed by atoms with Crippen LogP contribution in [0.5, 0.6) is 0 Å². The molecule has 1 atom stereocenters. The van der Waals surface area contributed by atoms with E-state index in [2.05, 4.69) is 22.7 Å². The predicted octanol–water partition coefficient (Wildman–Crippen LogP) is 3.93. The molecule has 0 fully saturated rings. The molecular formula is C22H20N2O2. The van der Waals surface area contributed by atoms with Gasteiger partial charge in [0.2, 0.25) is 0 Å². The van der Waals surface area contributed by atoms with Crippen molar-refractivity contribution >= 4 is 11.6 Å². The van der Waals surface area contributed by atoms with Crippen LogP contribution < -0.4 is 5.43 Å². The van der Waals surface area contributed by atoms with Gasteiger partial charge in [0.05, 0.1) is 5.71 Å². The van der Waals surface area contributed by atoms with Gasteiger partial charge in [-0.3, -0.25) is 4.79 Å². The second-order valence-corrected chi connectivity index (χ2v) is 5.93. The summed E-state index contributed by atoms with van der Waals surface area (Å²) in [5.41, 5.74) is 6.79. The number of nitrogens with zero attached hydrogens (tertiary/aromatic N) is 1. The highest BCUT2D eigenvalue weighted by Gasteiger charge is 2.16. The Balaban J connectivity index is 1.67. The van der Waals surface area contributed by atoms with Gasteiger partial charge in [-0.05, 0) is 29.2 Å². The highest BCUT2D eigenvalue weighted by molar-refractivity contribution is 5.99. The molecule has 2 N–H and O–H groups in total. The van der Waals surface area contributed by atoms with Crippen LogP contribution in [0.4, 0.5) is 0 Å². The van der Waals surface area contributed by atoms with Crippen LogP contribution in [0.2, 0.25) is 0 Å². The lowest BCUT2D eigenvalue weighted by molar-refractivity contribution is -0.129. The van der Waals surface area contributed by atoms with Crippen molar-refractivity contribution in [2.45, 2.75) is 13.0 Å².